The van der Waals surface area contributed by atoms with E-state index in [0.717, 1.165) is 5.56 Å². The molecule has 2 aromatic carbocycles. The molecular formula is C17H18ClO2P. The smallest absolute Gasteiger partial charge is 0.227 e. The van der Waals surface area contributed by atoms with E-state index >= 15 is 0 Å². The number of carbonyl (C=O) groups excluding carboxylic acids is 1. The Morgan fingerprint density at radius 3 is 2.19 bits per heavy atom. The minimum Gasteiger partial charge on any atom is -0.310 e. The van der Waals surface area contributed by atoms with Gasteiger partial charge in [-0.25, -0.2) is 0 Å². The highest BCUT2D eigenvalue weighted by Crippen LogP contribution is 2.53. The number of hydrogen-bond donors (Lipinski definition) is 0. The fourth-order valence-electron chi connectivity index (χ4n) is 2.37. The van der Waals surface area contributed by atoms with Crippen LogP contribution in [0, 0.1) is 6.92 Å². The summed E-state index contributed by atoms with van der Waals surface area (Å²) in [5, 5.41) is 0.945. The minimum absolute atomic E-state index is 0.275. The van der Waals surface area contributed by atoms with Crippen LogP contribution in [-0.2, 0) is 4.57 Å². The third-order valence-electron chi connectivity index (χ3n) is 3.60. The lowest BCUT2D eigenvalue weighted by atomic mass is 10.1. The zero-order valence-corrected chi connectivity index (χ0v) is 14.0. The second kappa shape index (κ2) is 6.17. The van der Waals surface area contributed by atoms with Gasteiger partial charge in [0.15, 0.2) is 7.14 Å². The van der Waals surface area contributed by atoms with Gasteiger partial charge in [-0.15, -0.1) is 0 Å². The zero-order chi connectivity index (χ0) is 15.6. The summed E-state index contributed by atoms with van der Waals surface area (Å²) in [5.41, 5.74) is 0.499. The van der Waals surface area contributed by atoms with Crippen LogP contribution in [0.2, 0.25) is 5.02 Å². The first-order chi connectivity index (χ1) is 9.89. The van der Waals surface area contributed by atoms with Crippen molar-refractivity contribution in [2.24, 2.45) is 0 Å². The molecule has 0 aromatic heterocycles. The zero-order valence-electron chi connectivity index (χ0n) is 12.3. The molecule has 4 heteroatoms. The van der Waals surface area contributed by atoms with Gasteiger partial charge in [0.05, 0.1) is 5.02 Å². The van der Waals surface area contributed by atoms with Gasteiger partial charge in [-0.1, -0.05) is 67.9 Å². The van der Waals surface area contributed by atoms with E-state index in [0.29, 0.717) is 15.9 Å². The van der Waals surface area contributed by atoms with Crippen molar-refractivity contribution in [3.05, 3.63) is 64.7 Å². The summed E-state index contributed by atoms with van der Waals surface area (Å²) < 4.78 is 13.5. The van der Waals surface area contributed by atoms with E-state index in [1.807, 2.05) is 32.9 Å². The van der Waals surface area contributed by atoms with E-state index in [2.05, 4.69) is 0 Å². The van der Waals surface area contributed by atoms with Crippen molar-refractivity contribution in [3.63, 3.8) is 0 Å². The minimum atomic E-state index is -3.23. The molecule has 2 nitrogen and oxygen atoms in total. The van der Waals surface area contributed by atoms with Crippen molar-refractivity contribution in [3.8, 4) is 0 Å². The van der Waals surface area contributed by atoms with E-state index in [-0.39, 0.29) is 11.2 Å². The van der Waals surface area contributed by atoms with Gasteiger partial charge in [0, 0.05) is 16.5 Å². The quantitative estimate of drug-likeness (QED) is 0.752. The molecular weight excluding hydrogens is 303 g/mol. The Bertz CT molecular complexity index is 688. The van der Waals surface area contributed by atoms with Crippen molar-refractivity contribution < 1.29 is 9.36 Å². The molecule has 110 valence electrons. The summed E-state index contributed by atoms with van der Waals surface area (Å²) in [4.78, 5) is 13.0. The van der Waals surface area contributed by atoms with Gasteiger partial charge in [-0.2, -0.15) is 0 Å². The van der Waals surface area contributed by atoms with Gasteiger partial charge in [0.2, 0.25) is 5.52 Å². The van der Waals surface area contributed by atoms with E-state index < -0.39 is 7.14 Å². The monoisotopic (exact) mass is 320 g/mol. The summed E-state index contributed by atoms with van der Waals surface area (Å²) in [6.07, 6.45) is 0. The molecule has 2 rings (SSSR count). The Morgan fingerprint density at radius 2 is 1.67 bits per heavy atom. The third kappa shape index (κ3) is 2.84. The second-order valence-corrected chi connectivity index (χ2v) is 9.00. The average molecular weight is 321 g/mol. The maximum atomic E-state index is 13.5. The molecule has 0 bridgehead atoms. The number of carbonyl (C=O) groups is 1. The highest BCUT2D eigenvalue weighted by Gasteiger charge is 2.39. The van der Waals surface area contributed by atoms with Crippen LogP contribution < -0.4 is 5.30 Å². The van der Waals surface area contributed by atoms with Gasteiger partial charge in [0.1, 0.15) is 0 Å². The maximum absolute atomic E-state index is 13.5. The Hall–Kier alpha value is -1.37. The molecule has 0 amide bonds. The normalized spacial score (nSPS) is 14.0. The number of aryl methyl sites for hydroxylation is 1. The first-order valence-corrected chi connectivity index (χ1v) is 8.99. The van der Waals surface area contributed by atoms with E-state index in [1.54, 1.807) is 36.4 Å². The first-order valence-electron chi connectivity index (χ1n) is 6.84. The van der Waals surface area contributed by atoms with Crippen LogP contribution in [0.15, 0.2) is 48.5 Å². The Morgan fingerprint density at radius 1 is 1.05 bits per heavy atom. The first kappa shape index (κ1) is 16.0. The summed E-state index contributed by atoms with van der Waals surface area (Å²) in [5.74, 6) is 0. The van der Waals surface area contributed by atoms with Crippen LogP contribution in [0.1, 0.15) is 29.8 Å². The Balaban J connectivity index is 2.65. The highest BCUT2D eigenvalue weighted by molar-refractivity contribution is 7.88. The van der Waals surface area contributed by atoms with Crippen molar-refractivity contribution in [2.45, 2.75) is 26.4 Å². The SMILES string of the molecule is Cc1cccc(Cl)c1C(=O)P(=O)(c1ccccc1)C(C)C. The predicted molar refractivity (Wildman–Crippen MR) is 89.3 cm³/mol. The number of hydrogen-bond acceptors (Lipinski definition) is 2. The molecule has 0 saturated carbocycles. The molecule has 0 fully saturated rings. The molecule has 0 heterocycles. The van der Waals surface area contributed by atoms with Crippen molar-refractivity contribution >= 4 is 29.6 Å². The standard InChI is InChI=1S/C17H18ClO2P/c1-12(2)21(20,14-9-5-4-6-10-14)17(19)16-13(3)8-7-11-15(16)18/h4-12H,1-3H3. The highest BCUT2D eigenvalue weighted by atomic mass is 35.5. The number of rotatable bonds is 4. The molecule has 0 N–H and O–H groups in total. The van der Waals surface area contributed by atoms with Crippen molar-refractivity contribution in [2.75, 3.05) is 0 Å². The summed E-state index contributed by atoms with van der Waals surface area (Å²) in [7, 11) is -3.23. The average Bonchev–Trinajstić information content (AvgIpc) is 2.46. The van der Waals surface area contributed by atoms with Gasteiger partial charge < -0.3 is 4.57 Å². The lowest BCUT2D eigenvalue weighted by molar-refractivity contribution is 0.107. The van der Waals surface area contributed by atoms with Gasteiger partial charge in [0.25, 0.3) is 0 Å². The molecule has 0 radical (unpaired) electrons. The fourth-order valence-corrected chi connectivity index (χ4v) is 5.29. The molecule has 21 heavy (non-hydrogen) atoms. The molecule has 0 spiro atoms. The Kier molecular flexibility index (Phi) is 4.70. The van der Waals surface area contributed by atoms with Gasteiger partial charge in [-0.3, -0.25) is 4.79 Å². The van der Waals surface area contributed by atoms with Crippen LogP contribution in [-0.4, -0.2) is 11.2 Å². The van der Waals surface area contributed by atoms with Gasteiger partial charge >= 0.3 is 0 Å². The maximum Gasteiger partial charge on any atom is 0.227 e. The van der Waals surface area contributed by atoms with Crippen LogP contribution in [0.4, 0.5) is 0 Å². The lowest BCUT2D eigenvalue weighted by Gasteiger charge is -2.22. The van der Waals surface area contributed by atoms with Crippen molar-refractivity contribution in [1.82, 2.24) is 0 Å². The fraction of sp³-hybridized carbons (Fsp3) is 0.235. The molecule has 0 aliphatic rings. The predicted octanol–water partition coefficient (Wildman–Crippen LogP) is 4.89. The van der Waals surface area contributed by atoms with Crippen molar-refractivity contribution in [1.29, 1.82) is 0 Å². The molecule has 0 aliphatic carbocycles. The van der Waals surface area contributed by atoms with Gasteiger partial charge in [-0.05, 0) is 18.6 Å². The molecule has 1 unspecified atom stereocenters. The molecule has 2 aromatic rings. The third-order valence-corrected chi connectivity index (χ3v) is 7.27. The summed E-state index contributed by atoms with van der Waals surface area (Å²) in [6, 6.07) is 14.2. The number of halogens is 1. The second-order valence-electron chi connectivity index (χ2n) is 5.32. The molecule has 0 aliphatic heterocycles. The molecule has 0 saturated heterocycles. The largest absolute Gasteiger partial charge is 0.310 e. The lowest BCUT2D eigenvalue weighted by Crippen LogP contribution is -2.20. The topological polar surface area (TPSA) is 34.1 Å². The summed E-state index contributed by atoms with van der Waals surface area (Å²) in [6.45, 7) is 5.45. The van der Waals surface area contributed by atoms with Crippen LogP contribution in [0.5, 0.6) is 0 Å². The van der Waals surface area contributed by atoms with Crippen LogP contribution in [0.25, 0.3) is 0 Å². The van der Waals surface area contributed by atoms with E-state index in [4.69, 9.17) is 11.6 Å². The van der Waals surface area contributed by atoms with Crippen LogP contribution in [0.3, 0.4) is 0 Å². The summed E-state index contributed by atoms with van der Waals surface area (Å²) >= 11 is 6.18. The number of benzene rings is 2. The Labute approximate surface area is 130 Å². The van der Waals surface area contributed by atoms with E-state index in [1.165, 1.54) is 0 Å². The van der Waals surface area contributed by atoms with E-state index in [9.17, 15) is 9.36 Å². The van der Waals surface area contributed by atoms with Crippen LogP contribution >= 0.6 is 18.7 Å². The molecule has 1 atom stereocenters.